The predicted octanol–water partition coefficient (Wildman–Crippen LogP) is 3.90. The minimum Gasteiger partial charge on any atom is -0.393 e. The lowest BCUT2D eigenvalue weighted by Crippen LogP contribution is -2.46. The minimum absolute atomic E-state index is 0.0672. The highest BCUT2D eigenvalue weighted by Gasteiger charge is 2.44. The van der Waals surface area contributed by atoms with Crippen LogP contribution >= 0.6 is 11.3 Å². The van der Waals surface area contributed by atoms with Crippen molar-refractivity contribution in [1.82, 2.24) is 20.2 Å². The number of nitrogens with one attached hydrogen (secondary N) is 2. The smallest absolute Gasteiger partial charge is 0.393 e. The van der Waals surface area contributed by atoms with Crippen LogP contribution in [0, 0.1) is 6.92 Å². The highest BCUT2D eigenvalue weighted by molar-refractivity contribution is 7.17. The quantitative estimate of drug-likeness (QED) is 0.530. The lowest BCUT2D eigenvalue weighted by molar-refractivity contribution is -0.138. The fraction of sp³-hybridized carbons (Fsp3) is 0.583. The Bertz CT molecular complexity index is 1160. The average Bonchev–Trinajstić information content (AvgIpc) is 3.51. The number of rotatable bonds is 6. The van der Waals surface area contributed by atoms with E-state index in [0.29, 0.717) is 28.8 Å². The number of aromatic nitrogens is 2. The van der Waals surface area contributed by atoms with E-state index >= 15 is 0 Å². The summed E-state index contributed by atoms with van der Waals surface area (Å²) in [5.74, 6) is -0.571. The first-order valence-electron chi connectivity index (χ1n) is 12.1. The zero-order chi connectivity index (χ0) is 25.8. The minimum atomic E-state index is -4.42. The second kappa shape index (κ2) is 9.29. The average molecular weight is 524 g/mol. The van der Waals surface area contributed by atoms with Gasteiger partial charge in [-0.2, -0.15) is 13.2 Å². The molecule has 3 aliphatic rings. The molecule has 4 heterocycles. The van der Waals surface area contributed by atoms with Crippen molar-refractivity contribution in [3.63, 3.8) is 0 Å². The van der Waals surface area contributed by atoms with Gasteiger partial charge in [0.15, 0.2) is 5.01 Å². The van der Waals surface area contributed by atoms with Crippen LogP contribution in [0.2, 0.25) is 0 Å². The van der Waals surface area contributed by atoms with Crippen molar-refractivity contribution in [3.05, 3.63) is 28.5 Å². The third kappa shape index (κ3) is 4.68. The zero-order valence-corrected chi connectivity index (χ0v) is 20.7. The van der Waals surface area contributed by atoms with Crippen LogP contribution in [0.5, 0.6) is 0 Å². The van der Waals surface area contributed by atoms with E-state index in [-0.39, 0.29) is 40.6 Å². The summed E-state index contributed by atoms with van der Waals surface area (Å²) >= 11 is 1.07. The van der Waals surface area contributed by atoms with Crippen LogP contribution < -0.4 is 10.6 Å². The van der Waals surface area contributed by atoms with Crippen molar-refractivity contribution in [2.24, 2.45) is 0 Å². The molecule has 0 aromatic carbocycles. The van der Waals surface area contributed by atoms with Crippen LogP contribution in [0.3, 0.4) is 0 Å². The third-order valence-electron chi connectivity index (χ3n) is 7.37. The van der Waals surface area contributed by atoms with E-state index in [1.54, 1.807) is 6.92 Å². The molecule has 2 aromatic heterocycles. The van der Waals surface area contributed by atoms with Gasteiger partial charge in [-0.05, 0) is 64.0 Å². The molecule has 1 saturated carbocycles. The van der Waals surface area contributed by atoms with Crippen molar-refractivity contribution in [2.75, 3.05) is 5.32 Å². The largest absolute Gasteiger partial charge is 0.408 e. The van der Waals surface area contributed by atoms with Crippen LogP contribution in [-0.4, -0.2) is 68.2 Å². The summed E-state index contributed by atoms with van der Waals surface area (Å²) in [4.78, 5) is 37.5. The Labute approximate surface area is 210 Å². The van der Waals surface area contributed by atoms with E-state index in [0.717, 1.165) is 43.9 Å². The van der Waals surface area contributed by atoms with Crippen molar-refractivity contribution in [1.29, 1.82) is 0 Å². The molecular formula is C24H28F3N5O3S. The standard InChI is InChI=1S/C24H28F3N5O3S/c1-11-7-18(29-12(2)24(25,26)27)28-10-17(11)20-19(23(35)32-14-3-4-15(32)6-5-14)31-22(36-20)21(34)30-13-8-16(33)9-13/h7,10,12-16,33H,3-6,8-9H2,1-2H3,(H,28,29)(H,30,34)/t12-,13-,14?,15?,16-/m0/s1. The number of pyridine rings is 1. The Morgan fingerprint density at radius 2 is 1.83 bits per heavy atom. The molecule has 3 fully saturated rings. The predicted molar refractivity (Wildman–Crippen MR) is 128 cm³/mol. The second-order valence-electron chi connectivity index (χ2n) is 9.96. The number of alkyl halides is 3. The summed E-state index contributed by atoms with van der Waals surface area (Å²) < 4.78 is 38.9. The number of amides is 2. The maximum atomic E-state index is 13.7. The highest BCUT2D eigenvalue weighted by atomic mass is 32.1. The first-order chi connectivity index (χ1) is 17.0. The first-order valence-corrected chi connectivity index (χ1v) is 13.0. The van der Waals surface area contributed by atoms with Gasteiger partial charge in [0.1, 0.15) is 17.6 Å². The number of hydrogen-bond donors (Lipinski definition) is 3. The van der Waals surface area contributed by atoms with Crippen molar-refractivity contribution in [2.45, 2.75) is 88.8 Å². The first kappa shape index (κ1) is 24.9. The highest BCUT2D eigenvalue weighted by Crippen LogP contribution is 2.41. The molecule has 2 aliphatic heterocycles. The van der Waals surface area contributed by atoms with Gasteiger partial charge < -0.3 is 20.6 Å². The number of nitrogens with zero attached hydrogens (tertiary/aromatic N) is 3. The van der Waals surface area contributed by atoms with E-state index in [1.807, 2.05) is 4.90 Å². The molecule has 36 heavy (non-hydrogen) atoms. The van der Waals surface area contributed by atoms with Gasteiger partial charge in [-0.3, -0.25) is 9.59 Å². The molecule has 5 rings (SSSR count). The summed E-state index contributed by atoms with van der Waals surface area (Å²) in [7, 11) is 0. The van der Waals surface area contributed by atoms with Gasteiger partial charge in [0.25, 0.3) is 11.8 Å². The number of aliphatic hydroxyl groups excluding tert-OH is 1. The third-order valence-corrected chi connectivity index (χ3v) is 8.46. The number of aryl methyl sites for hydroxylation is 1. The van der Waals surface area contributed by atoms with Crippen LogP contribution in [-0.2, 0) is 0 Å². The normalized spacial score (nSPS) is 26.0. The molecule has 2 saturated heterocycles. The maximum Gasteiger partial charge on any atom is 0.408 e. The number of carbonyl (C=O) groups excluding carboxylic acids is 2. The fourth-order valence-electron chi connectivity index (χ4n) is 5.24. The number of aliphatic hydroxyl groups is 1. The van der Waals surface area contributed by atoms with E-state index in [4.69, 9.17) is 0 Å². The molecule has 1 atom stereocenters. The Morgan fingerprint density at radius 3 is 2.39 bits per heavy atom. The summed E-state index contributed by atoms with van der Waals surface area (Å²) in [6.07, 6.45) is 1.33. The molecule has 0 spiro atoms. The van der Waals surface area contributed by atoms with Gasteiger partial charge in [0.2, 0.25) is 0 Å². The molecule has 0 radical (unpaired) electrons. The van der Waals surface area contributed by atoms with Gasteiger partial charge in [0, 0.05) is 29.9 Å². The molecule has 12 heteroatoms. The Hall–Kier alpha value is -2.73. The Balaban J connectivity index is 1.46. The van der Waals surface area contributed by atoms with Crippen LogP contribution in [0.15, 0.2) is 12.3 Å². The van der Waals surface area contributed by atoms with Gasteiger partial charge in [-0.25, -0.2) is 9.97 Å². The molecule has 1 aliphatic carbocycles. The molecule has 0 unspecified atom stereocenters. The van der Waals surface area contributed by atoms with Crippen molar-refractivity contribution >= 4 is 29.0 Å². The summed E-state index contributed by atoms with van der Waals surface area (Å²) in [6, 6.07) is -0.0823. The van der Waals surface area contributed by atoms with Gasteiger partial charge in [-0.15, -0.1) is 11.3 Å². The number of thiazole rings is 1. The van der Waals surface area contributed by atoms with Crippen molar-refractivity contribution in [3.8, 4) is 10.4 Å². The molecular weight excluding hydrogens is 495 g/mol. The van der Waals surface area contributed by atoms with E-state index in [9.17, 15) is 27.9 Å². The van der Waals surface area contributed by atoms with Gasteiger partial charge >= 0.3 is 6.18 Å². The molecule has 2 bridgehead atoms. The number of hydrogen-bond acceptors (Lipinski definition) is 7. The summed E-state index contributed by atoms with van der Waals surface area (Å²) in [5, 5.41) is 14.8. The Morgan fingerprint density at radius 1 is 1.19 bits per heavy atom. The summed E-state index contributed by atoms with van der Waals surface area (Å²) in [5.41, 5.74) is 1.33. The Kier molecular flexibility index (Phi) is 6.44. The molecule has 194 valence electrons. The monoisotopic (exact) mass is 523 g/mol. The number of anilines is 1. The van der Waals surface area contributed by atoms with Crippen molar-refractivity contribution < 1.29 is 27.9 Å². The number of carbonyl (C=O) groups is 2. The van der Waals surface area contributed by atoms with E-state index in [2.05, 4.69) is 20.6 Å². The number of halogens is 3. The van der Waals surface area contributed by atoms with Crippen LogP contribution in [0.25, 0.3) is 10.4 Å². The van der Waals surface area contributed by atoms with E-state index in [1.165, 1.54) is 12.3 Å². The summed E-state index contributed by atoms with van der Waals surface area (Å²) in [6.45, 7) is 2.74. The van der Waals surface area contributed by atoms with Crippen LogP contribution in [0.4, 0.5) is 19.0 Å². The second-order valence-corrected chi connectivity index (χ2v) is 11.0. The molecule has 2 aromatic rings. The van der Waals surface area contributed by atoms with Gasteiger partial charge in [0.05, 0.1) is 11.0 Å². The lowest BCUT2D eigenvalue weighted by Gasteiger charge is -2.31. The fourth-order valence-corrected chi connectivity index (χ4v) is 6.28. The number of fused-ring (bicyclic) bond motifs is 2. The SMILES string of the molecule is Cc1cc(N[C@@H](C)C(F)(F)F)ncc1-c1sc(C(=O)N[C@H]2C[C@H](O)C2)nc1C(=O)N1C2CCC1CC2. The molecule has 2 amide bonds. The van der Waals surface area contributed by atoms with Crippen LogP contribution in [0.1, 0.15) is 71.3 Å². The lowest BCUT2D eigenvalue weighted by atomic mass is 9.89. The van der Waals surface area contributed by atoms with Gasteiger partial charge in [-0.1, -0.05) is 0 Å². The van der Waals surface area contributed by atoms with E-state index < -0.39 is 24.2 Å². The zero-order valence-electron chi connectivity index (χ0n) is 19.9. The molecule has 3 N–H and O–H groups in total. The maximum absolute atomic E-state index is 13.7. The molecule has 8 nitrogen and oxygen atoms in total. The topological polar surface area (TPSA) is 107 Å².